The second-order valence-corrected chi connectivity index (χ2v) is 8.51. The van der Waals surface area contributed by atoms with Gasteiger partial charge in [-0.2, -0.15) is 5.10 Å². The van der Waals surface area contributed by atoms with Gasteiger partial charge in [0.2, 0.25) is 11.8 Å². The molecule has 1 N–H and O–H groups in total. The summed E-state index contributed by atoms with van der Waals surface area (Å²) in [6.07, 6.45) is 4.47. The zero-order valence-electron chi connectivity index (χ0n) is 19.7. The van der Waals surface area contributed by atoms with Gasteiger partial charge < -0.3 is 10.2 Å². The summed E-state index contributed by atoms with van der Waals surface area (Å²) in [6.45, 7) is 12.7. The van der Waals surface area contributed by atoms with Crippen molar-refractivity contribution in [3.8, 4) is 0 Å². The van der Waals surface area contributed by atoms with E-state index in [4.69, 9.17) is 0 Å². The highest BCUT2D eigenvalue weighted by molar-refractivity contribution is 5.92. The van der Waals surface area contributed by atoms with E-state index < -0.39 is 0 Å². The average Bonchev–Trinajstić information content (AvgIpc) is 3.05. The number of carbonyl (C=O) groups is 2. The van der Waals surface area contributed by atoms with Crippen LogP contribution in [0, 0.1) is 20.8 Å². The Morgan fingerprint density at radius 2 is 1.75 bits per heavy atom. The summed E-state index contributed by atoms with van der Waals surface area (Å²) in [5.74, 6) is 0.0605. The Balaban J connectivity index is 1.55. The standard InChI is InChI=1S/C25H35N5O2/c1-5-12-26-24(31)18-28-13-15-29(16-14-28)25(32)11-10-23-20(3)27-30(21(23)4)17-22-8-6-19(2)7-9-22/h6-11H,5,12-18H2,1-4H3,(H,26,31)/b11-10+. The van der Waals surface area contributed by atoms with Crippen LogP contribution in [-0.2, 0) is 16.1 Å². The molecule has 172 valence electrons. The van der Waals surface area contributed by atoms with Crippen LogP contribution in [0.25, 0.3) is 6.08 Å². The van der Waals surface area contributed by atoms with E-state index in [1.54, 1.807) is 6.08 Å². The smallest absolute Gasteiger partial charge is 0.246 e. The number of hydrogen-bond acceptors (Lipinski definition) is 4. The molecule has 1 fully saturated rings. The minimum absolute atomic E-state index is 0.00479. The fourth-order valence-corrected chi connectivity index (χ4v) is 3.88. The molecule has 0 spiro atoms. The lowest BCUT2D eigenvalue weighted by Crippen LogP contribution is -2.50. The monoisotopic (exact) mass is 437 g/mol. The zero-order chi connectivity index (χ0) is 23.1. The molecule has 2 heterocycles. The second kappa shape index (κ2) is 11.1. The topological polar surface area (TPSA) is 70.5 Å². The van der Waals surface area contributed by atoms with Gasteiger partial charge >= 0.3 is 0 Å². The number of carbonyl (C=O) groups excluding carboxylic acids is 2. The summed E-state index contributed by atoms with van der Waals surface area (Å²) < 4.78 is 1.99. The Kier molecular flexibility index (Phi) is 8.22. The van der Waals surface area contributed by atoms with Crippen LogP contribution in [0.3, 0.4) is 0 Å². The Labute approximate surface area is 191 Å². The van der Waals surface area contributed by atoms with Gasteiger partial charge in [0.1, 0.15) is 0 Å². The predicted octanol–water partition coefficient (Wildman–Crippen LogP) is 2.54. The molecular formula is C25H35N5O2. The fourth-order valence-electron chi connectivity index (χ4n) is 3.88. The molecule has 0 radical (unpaired) electrons. The molecule has 32 heavy (non-hydrogen) atoms. The van der Waals surface area contributed by atoms with Gasteiger partial charge in [-0.3, -0.25) is 19.2 Å². The minimum Gasteiger partial charge on any atom is -0.355 e. The summed E-state index contributed by atoms with van der Waals surface area (Å²) in [4.78, 5) is 28.5. The SMILES string of the molecule is CCCNC(=O)CN1CCN(C(=O)/C=C/c2c(C)nn(Cc3ccc(C)cc3)c2C)CC1. The third kappa shape index (κ3) is 6.29. The molecule has 1 aliphatic heterocycles. The molecule has 0 unspecified atom stereocenters. The number of amides is 2. The van der Waals surface area contributed by atoms with Crippen molar-refractivity contribution in [3.63, 3.8) is 0 Å². The van der Waals surface area contributed by atoms with Crippen LogP contribution in [0.15, 0.2) is 30.3 Å². The van der Waals surface area contributed by atoms with Crippen LogP contribution in [0.5, 0.6) is 0 Å². The number of aryl methyl sites for hydroxylation is 2. The first-order valence-corrected chi connectivity index (χ1v) is 11.4. The number of benzene rings is 1. The number of rotatable bonds is 8. The van der Waals surface area contributed by atoms with Gasteiger partial charge in [-0.1, -0.05) is 36.8 Å². The fraction of sp³-hybridized carbons (Fsp3) is 0.480. The Morgan fingerprint density at radius 1 is 1.06 bits per heavy atom. The number of nitrogens with zero attached hydrogens (tertiary/aromatic N) is 4. The summed E-state index contributed by atoms with van der Waals surface area (Å²) in [5, 5.41) is 7.57. The lowest BCUT2D eigenvalue weighted by Gasteiger charge is -2.33. The molecule has 0 bridgehead atoms. The van der Waals surface area contributed by atoms with Crippen molar-refractivity contribution in [2.24, 2.45) is 0 Å². The molecule has 3 rings (SSSR count). The van der Waals surface area contributed by atoms with Gasteiger partial charge in [-0.15, -0.1) is 0 Å². The van der Waals surface area contributed by atoms with Crippen LogP contribution < -0.4 is 5.32 Å². The molecule has 2 amide bonds. The van der Waals surface area contributed by atoms with Crippen molar-refractivity contribution in [2.75, 3.05) is 39.3 Å². The number of piperazine rings is 1. The molecule has 2 aromatic rings. The number of nitrogens with one attached hydrogen (secondary N) is 1. The summed E-state index contributed by atoms with van der Waals surface area (Å²) in [7, 11) is 0. The highest BCUT2D eigenvalue weighted by Gasteiger charge is 2.21. The van der Waals surface area contributed by atoms with Gasteiger partial charge in [-0.25, -0.2) is 0 Å². The average molecular weight is 438 g/mol. The van der Waals surface area contributed by atoms with Gasteiger partial charge in [0, 0.05) is 50.1 Å². The molecule has 0 saturated carbocycles. The molecule has 0 atom stereocenters. The van der Waals surface area contributed by atoms with Crippen LogP contribution in [-0.4, -0.2) is 70.7 Å². The first kappa shape index (κ1) is 23.7. The maximum atomic E-state index is 12.7. The summed E-state index contributed by atoms with van der Waals surface area (Å²) in [6, 6.07) is 8.46. The highest BCUT2D eigenvalue weighted by Crippen LogP contribution is 2.17. The van der Waals surface area contributed by atoms with Crippen molar-refractivity contribution >= 4 is 17.9 Å². The van der Waals surface area contributed by atoms with E-state index in [0.29, 0.717) is 45.8 Å². The summed E-state index contributed by atoms with van der Waals surface area (Å²) >= 11 is 0. The van der Waals surface area contributed by atoms with Gasteiger partial charge in [0.15, 0.2) is 0 Å². The van der Waals surface area contributed by atoms with Gasteiger partial charge in [0.25, 0.3) is 0 Å². The largest absolute Gasteiger partial charge is 0.355 e. The van der Waals surface area contributed by atoms with Crippen LogP contribution >= 0.6 is 0 Å². The molecule has 1 saturated heterocycles. The van der Waals surface area contributed by atoms with Crippen molar-refractivity contribution in [2.45, 2.75) is 40.7 Å². The van der Waals surface area contributed by atoms with Crippen LogP contribution in [0.1, 0.15) is 41.4 Å². The van der Waals surface area contributed by atoms with Crippen molar-refractivity contribution in [3.05, 3.63) is 58.4 Å². The molecule has 1 aromatic heterocycles. The second-order valence-electron chi connectivity index (χ2n) is 8.51. The van der Waals surface area contributed by atoms with Crippen LogP contribution in [0.2, 0.25) is 0 Å². The lowest BCUT2D eigenvalue weighted by molar-refractivity contribution is -0.128. The van der Waals surface area contributed by atoms with E-state index >= 15 is 0 Å². The molecule has 0 aliphatic carbocycles. The van der Waals surface area contributed by atoms with E-state index in [9.17, 15) is 9.59 Å². The molecular weight excluding hydrogens is 402 g/mol. The Hall–Kier alpha value is -2.93. The quantitative estimate of drug-likeness (QED) is 0.645. The van der Waals surface area contributed by atoms with E-state index in [-0.39, 0.29) is 11.8 Å². The third-order valence-corrected chi connectivity index (χ3v) is 5.91. The first-order chi connectivity index (χ1) is 15.4. The first-order valence-electron chi connectivity index (χ1n) is 11.4. The highest BCUT2D eigenvalue weighted by atomic mass is 16.2. The van der Waals surface area contributed by atoms with Crippen molar-refractivity contribution in [1.29, 1.82) is 0 Å². The molecule has 7 heteroatoms. The van der Waals surface area contributed by atoms with Gasteiger partial charge in [0.05, 0.1) is 18.8 Å². The maximum absolute atomic E-state index is 12.7. The normalized spacial score (nSPS) is 14.8. The Morgan fingerprint density at radius 3 is 2.41 bits per heavy atom. The predicted molar refractivity (Wildman–Crippen MR) is 127 cm³/mol. The van der Waals surface area contributed by atoms with Crippen molar-refractivity contribution < 1.29 is 9.59 Å². The third-order valence-electron chi connectivity index (χ3n) is 5.91. The number of aromatic nitrogens is 2. The Bertz CT molecular complexity index is 953. The van der Waals surface area contributed by atoms with Crippen molar-refractivity contribution in [1.82, 2.24) is 24.9 Å². The molecule has 1 aliphatic rings. The van der Waals surface area contributed by atoms with Crippen LogP contribution in [0.4, 0.5) is 0 Å². The lowest BCUT2D eigenvalue weighted by atomic mass is 10.1. The van der Waals surface area contributed by atoms with E-state index in [2.05, 4.69) is 46.5 Å². The van der Waals surface area contributed by atoms with E-state index in [0.717, 1.165) is 23.4 Å². The van der Waals surface area contributed by atoms with E-state index in [1.807, 2.05) is 36.4 Å². The van der Waals surface area contributed by atoms with E-state index in [1.165, 1.54) is 11.1 Å². The van der Waals surface area contributed by atoms with Gasteiger partial charge in [-0.05, 0) is 38.8 Å². The molecule has 1 aromatic carbocycles. The minimum atomic E-state index is 0.00479. The number of hydrogen-bond donors (Lipinski definition) is 1. The summed E-state index contributed by atoms with van der Waals surface area (Å²) in [5.41, 5.74) is 5.41. The maximum Gasteiger partial charge on any atom is 0.246 e. The molecule has 7 nitrogen and oxygen atoms in total. The zero-order valence-corrected chi connectivity index (χ0v) is 19.7.